The summed E-state index contributed by atoms with van der Waals surface area (Å²) in [6.45, 7) is 1.65. The second kappa shape index (κ2) is 6.65. The molecule has 6 nitrogen and oxygen atoms in total. The molecule has 3 rings (SSSR count). The van der Waals surface area contributed by atoms with E-state index >= 15 is 0 Å². The zero-order chi connectivity index (χ0) is 17.3. The smallest absolute Gasteiger partial charge is 0.261 e. The van der Waals surface area contributed by atoms with Crippen LogP contribution in [-0.2, 0) is 9.59 Å². The fourth-order valence-electron chi connectivity index (χ4n) is 2.93. The van der Waals surface area contributed by atoms with E-state index in [1.807, 2.05) is 0 Å². The van der Waals surface area contributed by atoms with E-state index in [9.17, 15) is 9.59 Å². The number of carbonyl (C=O) groups is 2. The van der Waals surface area contributed by atoms with E-state index < -0.39 is 0 Å². The molecule has 2 amide bonds. The first-order valence-corrected chi connectivity index (χ1v) is 8.11. The zero-order valence-corrected chi connectivity index (χ0v) is 14.0. The van der Waals surface area contributed by atoms with Crippen LogP contribution in [0.1, 0.15) is 32.6 Å². The summed E-state index contributed by atoms with van der Waals surface area (Å²) in [7, 11) is 0. The SMILES string of the molecule is CC(COc1cc(N2C(=O)C3=C(CCCC3)C2=O)ccc1Cl)=NO. The first kappa shape index (κ1) is 16.5. The number of amides is 2. The van der Waals surface area contributed by atoms with Crippen LogP contribution >= 0.6 is 11.6 Å². The molecule has 24 heavy (non-hydrogen) atoms. The third-order valence-electron chi connectivity index (χ3n) is 4.17. The quantitative estimate of drug-likeness (QED) is 0.392. The monoisotopic (exact) mass is 348 g/mol. The second-order valence-electron chi connectivity index (χ2n) is 5.85. The topological polar surface area (TPSA) is 79.2 Å². The molecule has 0 aromatic heterocycles. The lowest BCUT2D eigenvalue weighted by molar-refractivity contribution is -0.120. The van der Waals surface area contributed by atoms with Gasteiger partial charge in [-0.15, -0.1) is 0 Å². The molecule has 0 radical (unpaired) electrons. The first-order valence-electron chi connectivity index (χ1n) is 7.73. The summed E-state index contributed by atoms with van der Waals surface area (Å²) in [5.41, 5.74) is 2.07. The molecule has 1 aromatic rings. The fourth-order valence-corrected chi connectivity index (χ4v) is 3.10. The van der Waals surface area contributed by atoms with Crippen molar-refractivity contribution >= 4 is 34.8 Å². The van der Waals surface area contributed by atoms with Gasteiger partial charge in [-0.1, -0.05) is 16.8 Å². The van der Waals surface area contributed by atoms with Crippen molar-refractivity contribution in [3.63, 3.8) is 0 Å². The van der Waals surface area contributed by atoms with Crippen molar-refractivity contribution in [3.8, 4) is 5.75 Å². The summed E-state index contributed by atoms with van der Waals surface area (Å²) in [5.74, 6) is -0.185. The highest BCUT2D eigenvalue weighted by molar-refractivity contribution is 6.34. The number of nitrogens with zero attached hydrogens (tertiary/aromatic N) is 2. The van der Waals surface area contributed by atoms with Gasteiger partial charge in [-0.25, -0.2) is 4.90 Å². The Balaban J connectivity index is 1.88. The van der Waals surface area contributed by atoms with Crippen LogP contribution in [-0.4, -0.2) is 29.3 Å². The Morgan fingerprint density at radius 1 is 1.25 bits per heavy atom. The van der Waals surface area contributed by atoms with Gasteiger partial charge in [0.15, 0.2) is 0 Å². The predicted octanol–water partition coefficient (Wildman–Crippen LogP) is 3.31. The number of carbonyl (C=O) groups excluding carboxylic acids is 2. The van der Waals surface area contributed by atoms with Crippen LogP contribution in [0.3, 0.4) is 0 Å². The molecule has 0 saturated carbocycles. The molecule has 1 aromatic carbocycles. The zero-order valence-electron chi connectivity index (χ0n) is 13.2. The number of hydrogen-bond acceptors (Lipinski definition) is 5. The van der Waals surface area contributed by atoms with E-state index in [0.29, 0.717) is 46.2 Å². The highest BCUT2D eigenvalue weighted by atomic mass is 35.5. The molecule has 1 aliphatic heterocycles. The number of rotatable bonds is 4. The summed E-state index contributed by atoms with van der Waals surface area (Å²) in [6.07, 6.45) is 3.17. The third kappa shape index (κ3) is 2.89. The molecule has 1 heterocycles. The first-order chi connectivity index (χ1) is 11.5. The molecule has 0 spiro atoms. The largest absolute Gasteiger partial charge is 0.486 e. The Morgan fingerprint density at radius 3 is 2.46 bits per heavy atom. The highest BCUT2D eigenvalue weighted by Gasteiger charge is 2.39. The average molecular weight is 349 g/mol. The molecule has 0 unspecified atom stereocenters. The summed E-state index contributed by atoms with van der Waals surface area (Å²) < 4.78 is 5.49. The summed E-state index contributed by atoms with van der Waals surface area (Å²) >= 11 is 6.10. The maximum Gasteiger partial charge on any atom is 0.261 e. The van der Waals surface area contributed by atoms with Crippen molar-refractivity contribution in [3.05, 3.63) is 34.4 Å². The molecular weight excluding hydrogens is 332 g/mol. The predicted molar refractivity (Wildman–Crippen MR) is 89.8 cm³/mol. The molecule has 7 heteroatoms. The molecular formula is C17H17ClN2O4. The number of oxime groups is 1. The number of benzene rings is 1. The molecule has 0 bridgehead atoms. The van der Waals surface area contributed by atoms with Gasteiger partial charge in [-0.3, -0.25) is 9.59 Å². The lowest BCUT2D eigenvalue weighted by Gasteiger charge is -2.17. The van der Waals surface area contributed by atoms with Crippen molar-refractivity contribution in [2.75, 3.05) is 11.5 Å². The van der Waals surface area contributed by atoms with Crippen LogP contribution in [0, 0.1) is 0 Å². The Bertz CT molecular complexity index is 742. The fraction of sp³-hybridized carbons (Fsp3) is 0.353. The van der Waals surface area contributed by atoms with E-state index in [-0.39, 0.29) is 18.4 Å². The van der Waals surface area contributed by atoms with Crippen LogP contribution in [0.15, 0.2) is 34.5 Å². The van der Waals surface area contributed by atoms with Gasteiger partial charge in [-0.2, -0.15) is 0 Å². The normalized spacial score (nSPS) is 18.2. The maximum absolute atomic E-state index is 12.6. The molecule has 0 saturated heterocycles. The lowest BCUT2D eigenvalue weighted by atomic mass is 9.93. The van der Waals surface area contributed by atoms with Crippen molar-refractivity contribution < 1.29 is 19.5 Å². The minimum Gasteiger partial charge on any atom is -0.486 e. The van der Waals surface area contributed by atoms with E-state index in [2.05, 4.69) is 5.16 Å². The van der Waals surface area contributed by atoms with Gasteiger partial charge >= 0.3 is 0 Å². The van der Waals surface area contributed by atoms with Crippen molar-refractivity contribution in [2.24, 2.45) is 5.16 Å². The molecule has 1 aliphatic carbocycles. The van der Waals surface area contributed by atoms with Crippen molar-refractivity contribution in [2.45, 2.75) is 32.6 Å². The Morgan fingerprint density at radius 2 is 1.88 bits per heavy atom. The Hall–Kier alpha value is -2.34. The van der Waals surface area contributed by atoms with Crippen LogP contribution in [0.5, 0.6) is 5.75 Å². The summed E-state index contributed by atoms with van der Waals surface area (Å²) in [5, 5.41) is 12.0. The van der Waals surface area contributed by atoms with Gasteiger partial charge in [-0.05, 0) is 44.7 Å². The average Bonchev–Trinajstić information content (AvgIpc) is 2.85. The van der Waals surface area contributed by atoms with Gasteiger partial charge in [0.25, 0.3) is 11.8 Å². The van der Waals surface area contributed by atoms with Crippen LogP contribution in [0.4, 0.5) is 5.69 Å². The third-order valence-corrected chi connectivity index (χ3v) is 4.48. The van der Waals surface area contributed by atoms with Crippen LogP contribution in [0.2, 0.25) is 5.02 Å². The van der Waals surface area contributed by atoms with Crippen molar-refractivity contribution in [1.29, 1.82) is 0 Å². The van der Waals surface area contributed by atoms with E-state index in [0.717, 1.165) is 12.8 Å². The second-order valence-corrected chi connectivity index (χ2v) is 6.26. The number of anilines is 1. The van der Waals surface area contributed by atoms with Crippen LogP contribution in [0.25, 0.3) is 0 Å². The number of imide groups is 1. The molecule has 126 valence electrons. The number of halogens is 1. The van der Waals surface area contributed by atoms with Gasteiger partial charge in [0, 0.05) is 17.2 Å². The van der Waals surface area contributed by atoms with E-state index in [1.165, 1.54) is 4.90 Å². The highest BCUT2D eigenvalue weighted by Crippen LogP contribution is 2.37. The van der Waals surface area contributed by atoms with Crippen LogP contribution < -0.4 is 9.64 Å². The number of hydrogen-bond donors (Lipinski definition) is 1. The number of ether oxygens (including phenoxy) is 1. The standard InChI is InChI=1S/C17H17ClN2O4/c1-10(19-23)9-24-15-8-11(6-7-14(15)18)20-16(21)12-4-2-3-5-13(12)17(20)22/h6-8,23H,2-5,9H2,1H3. The molecule has 0 atom stereocenters. The molecule has 1 N–H and O–H groups in total. The van der Waals surface area contributed by atoms with Gasteiger partial charge in [0.1, 0.15) is 12.4 Å². The Labute approximate surface area is 144 Å². The minimum absolute atomic E-state index is 0.0519. The molecule has 0 fully saturated rings. The Kier molecular flexibility index (Phi) is 4.57. The van der Waals surface area contributed by atoms with E-state index in [4.69, 9.17) is 21.5 Å². The van der Waals surface area contributed by atoms with E-state index in [1.54, 1.807) is 25.1 Å². The lowest BCUT2D eigenvalue weighted by Crippen LogP contribution is -2.31. The maximum atomic E-state index is 12.6. The van der Waals surface area contributed by atoms with Gasteiger partial charge in [0.2, 0.25) is 0 Å². The minimum atomic E-state index is -0.254. The summed E-state index contributed by atoms with van der Waals surface area (Å²) in [4.78, 5) is 26.3. The molecule has 2 aliphatic rings. The van der Waals surface area contributed by atoms with Crippen molar-refractivity contribution in [1.82, 2.24) is 0 Å². The van der Waals surface area contributed by atoms with Gasteiger partial charge < -0.3 is 9.94 Å². The summed E-state index contributed by atoms with van der Waals surface area (Å²) in [6, 6.07) is 4.76. The van der Waals surface area contributed by atoms with Gasteiger partial charge in [0.05, 0.1) is 16.4 Å².